The summed E-state index contributed by atoms with van der Waals surface area (Å²) in [7, 11) is 3.67. The molecule has 0 spiro atoms. The Morgan fingerprint density at radius 3 is 2.59 bits per heavy atom. The highest BCUT2D eigenvalue weighted by molar-refractivity contribution is 5.82. The van der Waals surface area contributed by atoms with Crippen LogP contribution in [-0.4, -0.2) is 49.1 Å². The van der Waals surface area contributed by atoms with Gasteiger partial charge >= 0.3 is 0 Å². The standard InChI is InChI=1S/C22H27FN2O2/c1-24-16-19-7-4-3-6-18(19)14-21(24)22(26)25(12-5-13-27-2)15-17-8-10-20(23)11-9-17/h3-4,6-11,21H,5,12-16H2,1-2H3. The third-order valence-electron chi connectivity index (χ3n) is 5.14. The van der Waals surface area contributed by atoms with Gasteiger partial charge in [-0.1, -0.05) is 36.4 Å². The summed E-state index contributed by atoms with van der Waals surface area (Å²) in [5.41, 5.74) is 3.46. The van der Waals surface area contributed by atoms with Crippen molar-refractivity contribution >= 4 is 5.91 Å². The van der Waals surface area contributed by atoms with Gasteiger partial charge in [-0.05, 0) is 48.7 Å². The molecule has 1 heterocycles. The normalized spacial score (nSPS) is 16.8. The van der Waals surface area contributed by atoms with E-state index in [4.69, 9.17) is 4.74 Å². The lowest BCUT2D eigenvalue weighted by molar-refractivity contribution is -0.138. The fourth-order valence-electron chi connectivity index (χ4n) is 3.62. The van der Waals surface area contributed by atoms with Gasteiger partial charge in [0.25, 0.3) is 0 Å². The third-order valence-corrected chi connectivity index (χ3v) is 5.14. The number of benzene rings is 2. The molecule has 1 unspecified atom stereocenters. The van der Waals surface area contributed by atoms with Gasteiger partial charge in [-0.3, -0.25) is 9.69 Å². The average molecular weight is 370 g/mol. The van der Waals surface area contributed by atoms with Crippen LogP contribution in [-0.2, 0) is 29.0 Å². The van der Waals surface area contributed by atoms with Gasteiger partial charge in [0.05, 0.1) is 6.04 Å². The maximum Gasteiger partial charge on any atom is 0.240 e. The Morgan fingerprint density at radius 1 is 1.19 bits per heavy atom. The largest absolute Gasteiger partial charge is 0.385 e. The summed E-state index contributed by atoms with van der Waals surface area (Å²) in [6, 6.07) is 14.5. The van der Waals surface area contributed by atoms with Crippen molar-refractivity contribution in [1.82, 2.24) is 9.80 Å². The summed E-state index contributed by atoms with van der Waals surface area (Å²) in [5, 5.41) is 0. The van der Waals surface area contributed by atoms with E-state index in [0.29, 0.717) is 19.7 Å². The molecule has 0 radical (unpaired) electrons. The molecule has 1 amide bonds. The number of likely N-dealkylation sites (N-methyl/N-ethyl adjacent to an activating group) is 1. The van der Waals surface area contributed by atoms with E-state index in [2.05, 4.69) is 17.0 Å². The van der Waals surface area contributed by atoms with Crippen molar-refractivity contribution in [3.05, 3.63) is 71.0 Å². The van der Waals surface area contributed by atoms with E-state index in [-0.39, 0.29) is 17.8 Å². The molecule has 0 N–H and O–H groups in total. The SMILES string of the molecule is COCCCN(Cc1ccc(F)cc1)C(=O)C1Cc2ccccc2CN1C. The molecule has 3 rings (SSSR count). The summed E-state index contributed by atoms with van der Waals surface area (Å²) < 4.78 is 18.4. The lowest BCUT2D eigenvalue weighted by atomic mass is 9.93. The van der Waals surface area contributed by atoms with E-state index in [0.717, 1.165) is 24.9 Å². The molecule has 5 heteroatoms. The number of fused-ring (bicyclic) bond motifs is 1. The van der Waals surface area contributed by atoms with Crippen molar-refractivity contribution in [2.24, 2.45) is 0 Å². The number of methoxy groups -OCH3 is 1. The average Bonchev–Trinajstić information content (AvgIpc) is 2.68. The predicted molar refractivity (Wildman–Crippen MR) is 104 cm³/mol. The van der Waals surface area contributed by atoms with Crippen LogP contribution in [0.2, 0.25) is 0 Å². The minimum Gasteiger partial charge on any atom is -0.385 e. The summed E-state index contributed by atoms with van der Waals surface area (Å²) in [6.07, 6.45) is 1.49. The minimum absolute atomic E-state index is 0.118. The van der Waals surface area contributed by atoms with Crippen molar-refractivity contribution in [3.8, 4) is 0 Å². The van der Waals surface area contributed by atoms with Gasteiger partial charge in [0.1, 0.15) is 5.82 Å². The number of ether oxygens (including phenoxy) is 1. The highest BCUT2D eigenvalue weighted by Gasteiger charge is 2.32. The molecule has 0 bridgehead atoms. The van der Waals surface area contributed by atoms with E-state index in [9.17, 15) is 9.18 Å². The molecule has 4 nitrogen and oxygen atoms in total. The van der Waals surface area contributed by atoms with E-state index >= 15 is 0 Å². The molecule has 0 saturated carbocycles. The van der Waals surface area contributed by atoms with Crippen molar-refractivity contribution in [3.63, 3.8) is 0 Å². The van der Waals surface area contributed by atoms with Crippen molar-refractivity contribution in [2.45, 2.75) is 32.0 Å². The predicted octanol–water partition coefficient (Wildman–Crippen LogP) is 3.25. The van der Waals surface area contributed by atoms with Crippen LogP contribution in [0.3, 0.4) is 0 Å². The Bertz CT molecular complexity index is 763. The number of hydrogen-bond acceptors (Lipinski definition) is 3. The van der Waals surface area contributed by atoms with Gasteiger partial charge in [-0.2, -0.15) is 0 Å². The molecule has 0 aromatic heterocycles. The van der Waals surface area contributed by atoms with Crippen LogP contribution in [0.5, 0.6) is 0 Å². The number of carbonyl (C=O) groups excluding carboxylic acids is 1. The lowest BCUT2D eigenvalue weighted by Gasteiger charge is -2.36. The number of nitrogens with zero attached hydrogens (tertiary/aromatic N) is 2. The second-order valence-electron chi connectivity index (χ2n) is 7.14. The molecule has 1 atom stereocenters. The number of rotatable bonds is 7. The first-order chi connectivity index (χ1) is 13.1. The molecule has 1 aliphatic heterocycles. The van der Waals surface area contributed by atoms with Crippen molar-refractivity contribution in [2.75, 3.05) is 27.3 Å². The summed E-state index contributed by atoms with van der Waals surface area (Å²) in [5.74, 6) is -0.146. The molecule has 0 aliphatic carbocycles. The highest BCUT2D eigenvalue weighted by Crippen LogP contribution is 2.23. The van der Waals surface area contributed by atoms with Gasteiger partial charge < -0.3 is 9.64 Å². The van der Waals surface area contributed by atoms with Gasteiger partial charge in [-0.15, -0.1) is 0 Å². The zero-order valence-electron chi connectivity index (χ0n) is 16.0. The third kappa shape index (κ3) is 4.93. The second kappa shape index (κ2) is 9.11. The van der Waals surface area contributed by atoms with Crippen LogP contribution in [0.15, 0.2) is 48.5 Å². The summed E-state index contributed by atoms with van der Waals surface area (Å²) in [6.45, 7) is 2.48. The number of hydrogen-bond donors (Lipinski definition) is 0. The van der Waals surface area contributed by atoms with Gasteiger partial charge in [-0.25, -0.2) is 4.39 Å². The van der Waals surface area contributed by atoms with Crippen molar-refractivity contribution in [1.29, 1.82) is 0 Å². The quantitative estimate of drug-likeness (QED) is 0.702. The second-order valence-corrected chi connectivity index (χ2v) is 7.14. The van der Waals surface area contributed by atoms with Gasteiger partial charge in [0, 0.05) is 33.4 Å². The first-order valence-corrected chi connectivity index (χ1v) is 9.37. The number of amides is 1. The van der Waals surface area contributed by atoms with E-state index in [1.54, 1.807) is 19.2 Å². The molecule has 2 aromatic rings. The van der Waals surface area contributed by atoms with E-state index in [1.165, 1.54) is 23.3 Å². The van der Waals surface area contributed by atoms with E-state index < -0.39 is 0 Å². The van der Waals surface area contributed by atoms with Gasteiger partial charge in [0.15, 0.2) is 0 Å². The Kier molecular flexibility index (Phi) is 6.58. The first-order valence-electron chi connectivity index (χ1n) is 9.37. The molecule has 1 aliphatic rings. The lowest BCUT2D eigenvalue weighted by Crippen LogP contribution is -2.50. The maximum absolute atomic E-state index is 13.4. The zero-order chi connectivity index (χ0) is 19.2. The fourth-order valence-corrected chi connectivity index (χ4v) is 3.62. The molecule has 0 fully saturated rings. The van der Waals surface area contributed by atoms with Crippen LogP contribution in [0, 0.1) is 5.82 Å². The molecular formula is C22H27FN2O2. The Hall–Kier alpha value is -2.24. The smallest absolute Gasteiger partial charge is 0.240 e. The highest BCUT2D eigenvalue weighted by atomic mass is 19.1. The van der Waals surface area contributed by atoms with Crippen LogP contribution < -0.4 is 0 Å². The Balaban J connectivity index is 1.76. The maximum atomic E-state index is 13.4. The van der Waals surface area contributed by atoms with Gasteiger partial charge in [0.2, 0.25) is 5.91 Å². The number of halogens is 1. The molecule has 144 valence electrons. The van der Waals surface area contributed by atoms with Crippen LogP contribution in [0.25, 0.3) is 0 Å². The molecule has 0 saturated heterocycles. The molecule has 2 aromatic carbocycles. The van der Waals surface area contributed by atoms with Crippen molar-refractivity contribution < 1.29 is 13.9 Å². The summed E-state index contributed by atoms with van der Waals surface area (Å²) >= 11 is 0. The topological polar surface area (TPSA) is 32.8 Å². The molecule has 27 heavy (non-hydrogen) atoms. The zero-order valence-corrected chi connectivity index (χ0v) is 16.0. The first kappa shape index (κ1) is 19.5. The number of carbonyl (C=O) groups is 1. The molecular weight excluding hydrogens is 343 g/mol. The fraction of sp³-hybridized carbons (Fsp3) is 0.409. The Labute approximate surface area is 160 Å². The van der Waals surface area contributed by atoms with E-state index in [1.807, 2.05) is 24.1 Å². The van der Waals surface area contributed by atoms with Crippen LogP contribution in [0.4, 0.5) is 4.39 Å². The minimum atomic E-state index is -0.264. The van der Waals surface area contributed by atoms with Crippen LogP contribution >= 0.6 is 0 Å². The monoisotopic (exact) mass is 370 g/mol. The van der Waals surface area contributed by atoms with Crippen LogP contribution in [0.1, 0.15) is 23.1 Å². The Morgan fingerprint density at radius 2 is 1.89 bits per heavy atom. The summed E-state index contributed by atoms with van der Waals surface area (Å²) in [4.78, 5) is 17.4.